The number of rotatable bonds is 5. The fourth-order valence-electron chi connectivity index (χ4n) is 0.727. The lowest BCUT2D eigenvalue weighted by Gasteiger charge is -2.04. The molecule has 0 radical (unpaired) electrons. The van der Waals surface area contributed by atoms with E-state index in [0.717, 1.165) is 12.8 Å². The largest absolute Gasteiger partial charge is 0.505 e. The molecule has 0 aliphatic heterocycles. The van der Waals surface area contributed by atoms with Gasteiger partial charge in [-0.2, -0.15) is 0 Å². The van der Waals surface area contributed by atoms with E-state index in [1.54, 1.807) is 6.66 Å². The summed E-state index contributed by atoms with van der Waals surface area (Å²) in [7, 11) is -1.46. The molecule has 60 valence electrons. The molecular weight excluding hydrogens is 149 g/mol. The van der Waals surface area contributed by atoms with Crippen LogP contribution in [0.5, 0.6) is 0 Å². The van der Waals surface area contributed by atoms with Crippen molar-refractivity contribution in [1.82, 2.24) is 0 Å². The molecule has 0 bridgehead atoms. The average molecular weight is 164 g/mol. The zero-order valence-electron chi connectivity index (χ0n) is 6.54. The lowest BCUT2D eigenvalue weighted by Crippen LogP contribution is -2.13. The van der Waals surface area contributed by atoms with Gasteiger partial charge in [-0.3, -0.25) is 0 Å². The summed E-state index contributed by atoms with van der Waals surface area (Å²) in [4.78, 5) is 0. The zero-order valence-corrected chi connectivity index (χ0v) is 7.43. The molecule has 0 amide bonds. The Balaban J connectivity index is 3.49. The molecule has 10 heavy (non-hydrogen) atoms. The number of hydrogen-bond acceptors (Lipinski definition) is 3. The van der Waals surface area contributed by atoms with Gasteiger partial charge >= 0.3 is 8.03 Å². The molecule has 0 aliphatic rings. The molecule has 0 heterocycles. The quantitative estimate of drug-likeness (QED) is 0.626. The van der Waals surface area contributed by atoms with Crippen molar-refractivity contribution >= 4 is 8.03 Å². The summed E-state index contributed by atoms with van der Waals surface area (Å²) in [6, 6.07) is 0. The van der Waals surface area contributed by atoms with Gasteiger partial charge in [0, 0.05) is 0 Å². The molecule has 2 N–H and O–H groups in total. The summed E-state index contributed by atoms with van der Waals surface area (Å²) < 4.78 is 15.6. The molecule has 0 aromatic carbocycles. The van der Waals surface area contributed by atoms with Gasteiger partial charge in [-0.25, -0.2) is 0 Å². The van der Waals surface area contributed by atoms with Crippen molar-refractivity contribution in [2.75, 3.05) is 13.2 Å². The zero-order chi connectivity index (χ0) is 7.98. The number of nitrogens with two attached hydrogens (primary N) is 1. The van der Waals surface area contributed by atoms with Crippen LogP contribution in [0.15, 0.2) is 0 Å². The van der Waals surface area contributed by atoms with Crippen LogP contribution >= 0.6 is 8.03 Å². The molecule has 0 aromatic rings. The normalized spacial score (nSPS) is 14.9. The molecule has 0 rings (SSSR count). The standard InChI is InChI=1S/C6H15NO2P/c1-3-6(4-5-7)9-10(2)8/h6H,3-5,7H2,1-2H3/q+1. The van der Waals surface area contributed by atoms with Gasteiger partial charge in [0.1, 0.15) is 6.10 Å². The first-order valence-electron chi connectivity index (χ1n) is 3.48. The van der Waals surface area contributed by atoms with E-state index in [9.17, 15) is 4.57 Å². The van der Waals surface area contributed by atoms with E-state index in [0.29, 0.717) is 6.54 Å². The average Bonchev–Trinajstić information content (AvgIpc) is 1.86. The lowest BCUT2D eigenvalue weighted by molar-refractivity contribution is 0.204. The second kappa shape index (κ2) is 5.78. The monoisotopic (exact) mass is 164 g/mol. The second-order valence-corrected chi connectivity index (χ2v) is 3.24. The maximum absolute atomic E-state index is 10.6. The lowest BCUT2D eigenvalue weighted by atomic mass is 10.2. The van der Waals surface area contributed by atoms with Gasteiger partial charge in [0.05, 0.1) is 0 Å². The molecule has 2 atom stereocenters. The Morgan fingerprint density at radius 3 is 2.60 bits per heavy atom. The SMILES string of the molecule is CCC(CCN)O[P+](C)=O. The minimum Gasteiger partial charge on any atom is -0.330 e. The molecule has 0 aromatic heterocycles. The van der Waals surface area contributed by atoms with Gasteiger partial charge in [-0.1, -0.05) is 6.92 Å². The van der Waals surface area contributed by atoms with Gasteiger partial charge in [0.15, 0.2) is 6.66 Å². The van der Waals surface area contributed by atoms with Crippen molar-refractivity contribution in [2.45, 2.75) is 25.9 Å². The van der Waals surface area contributed by atoms with E-state index in [1.165, 1.54) is 0 Å². The molecule has 0 aliphatic carbocycles. The summed E-state index contributed by atoms with van der Waals surface area (Å²) in [6.45, 7) is 4.16. The first kappa shape index (κ1) is 10.0. The Morgan fingerprint density at radius 2 is 2.30 bits per heavy atom. The molecule has 0 fully saturated rings. The van der Waals surface area contributed by atoms with Crippen LogP contribution in [-0.2, 0) is 9.09 Å². The highest BCUT2D eigenvalue weighted by Gasteiger charge is 2.16. The highest BCUT2D eigenvalue weighted by atomic mass is 31.1. The Morgan fingerprint density at radius 1 is 1.70 bits per heavy atom. The van der Waals surface area contributed by atoms with E-state index in [-0.39, 0.29) is 6.10 Å². The van der Waals surface area contributed by atoms with Crippen molar-refractivity contribution < 1.29 is 9.09 Å². The summed E-state index contributed by atoms with van der Waals surface area (Å²) in [5.74, 6) is 0. The van der Waals surface area contributed by atoms with Crippen molar-refractivity contribution in [3.8, 4) is 0 Å². The fourth-order valence-corrected chi connectivity index (χ4v) is 1.40. The Labute approximate surface area is 62.8 Å². The molecular formula is C6H15NO2P+. The van der Waals surface area contributed by atoms with Gasteiger partial charge in [-0.05, 0) is 24.0 Å². The summed E-state index contributed by atoms with van der Waals surface area (Å²) >= 11 is 0. The highest BCUT2D eigenvalue weighted by Crippen LogP contribution is 2.21. The first-order valence-corrected chi connectivity index (χ1v) is 5.10. The minimum absolute atomic E-state index is 0.0820. The first-order chi connectivity index (χ1) is 4.70. The Bertz CT molecular complexity index is 108. The molecule has 0 saturated heterocycles. The fraction of sp³-hybridized carbons (Fsp3) is 1.00. The third kappa shape index (κ3) is 4.86. The third-order valence-corrected chi connectivity index (χ3v) is 1.84. The van der Waals surface area contributed by atoms with E-state index in [2.05, 4.69) is 0 Å². The maximum Gasteiger partial charge on any atom is 0.505 e. The van der Waals surface area contributed by atoms with Crippen molar-refractivity contribution in [1.29, 1.82) is 0 Å². The summed E-state index contributed by atoms with van der Waals surface area (Å²) in [6.07, 6.45) is 1.76. The molecule has 4 heteroatoms. The Hall–Kier alpha value is 0.0200. The highest BCUT2D eigenvalue weighted by molar-refractivity contribution is 7.38. The van der Waals surface area contributed by atoms with E-state index in [1.807, 2.05) is 6.92 Å². The van der Waals surface area contributed by atoms with Crippen LogP contribution in [0.25, 0.3) is 0 Å². The van der Waals surface area contributed by atoms with E-state index in [4.69, 9.17) is 10.3 Å². The van der Waals surface area contributed by atoms with Crippen LogP contribution in [0.3, 0.4) is 0 Å². The maximum atomic E-state index is 10.6. The van der Waals surface area contributed by atoms with Gasteiger partial charge in [-0.15, -0.1) is 4.52 Å². The van der Waals surface area contributed by atoms with E-state index >= 15 is 0 Å². The second-order valence-electron chi connectivity index (χ2n) is 2.15. The van der Waals surface area contributed by atoms with Gasteiger partial charge in [0.2, 0.25) is 0 Å². The number of hydrogen-bond donors (Lipinski definition) is 1. The van der Waals surface area contributed by atoms with Crippen molar-refractivity contribution in [2.24, 2.45) is 5.73 Å². The third-order valence-electron chi connectivity index (χ3n) is 1.24. The molecule has 2 unspecified atom stereocenters. The Kier molecular flexibility index (Phi) is 5.79. The summed E-state index contributed by atoms with van der Waals surface area (Å²) in [5.41, 5.74) is 5.31. The van der Waals surface area contributed by atoms with Crippen molar-refractivity contribution in [3.63, 3.8) is 0 Å². The van der Waals surface area contributed by atoms with E-state index < -0.39 is 8.03 Å². The van der Waals surface area contributed by atoms with Gasteiger partial charge < -0.3 is 5.73 Å². The van der Waals surface area contributed by atoms with Crippen LogP contribution in [0.1, 0.15) is 19.8 Å². The topological polar surface area (TPSA) is 52.3 Å². The molecule has 3 nitrogen and oxygen atoms in total. The molecule has 0 saturated carbocycles. The molecule has 0 spiro atoms. The van der Waals surface area contributed by atoms with Crippen LogP contribution in [0.2, 0.25) is 0 Å². The van der Waals surface area contributed by atoms with Crippen LogP contribution in [0, 0.1) is 0 Å². The smallest absolute Gasteiger partial charge is 0.330 e. The minimum atomic E-state index is -1.46. The predicted octanol–water partition coefficient (Wildman–Crippen LogP) is 1.50. The van der Waals surface area contributed by atoms with Crippen LogP contribution < -0.4 is 5.73 Å². The van der Waals surface area contributed by atoms with Crippen LogP contribution in [0.4, 0.5) is 0 Å². The van der Waals surface area contributed by atoms with Crippen LogP contribution in [-0.4, -0.2) is 19.3 Å². The van der Waals surface area contributed by atoms with Gasteiger partial charge in [0.25, 0.3) is 0 Å². The summed E-state index contributed by atoms with van der Waals surface area (Å²) in [5, 5.41) is 0. The predicted molar refractivity (Wildman–Crippen MR) is 42.4 cm³/mol. The van der Waals surface area contributed by atoms with Crippen molar-refractivity contribution in [3.05, 3.63) is 0 Å².